The van der Waals surface area contributed by atoms with Gasteiger partial charge >= 0.3 is 5.63 Å². The highest BCUT2D eigenvalue weighted by Gasteiger charge is 2.43. The minimum absolute atomic E-state index is 0.315. The Hall–Kier alpha value is -1.97. The molecule has 5 N–H and O–H groups in total. The van der Waals surface area contributed by atoms with Gasteiger partial charge in [-0.25, -0.2) is 4.79 Å². The standard InChI is InChI=1S/C16H19NO7/c1-7-4-8-2-3-9(5-10(8)23-15(7)21)22-16-12(17)14(20)13(19)11(6-18)24-16/h2-5,11-14,16,18-20H,6,17H2,1H3/t11-,12-,13-,14-,16+/m1/s1. The Morgan fingerprint density at radius 3 is 2.71 bits per heavy atom. The molecule has 5 atom stereocenters. The van der Waals surface area contributed by atoms with Crippen LogP contribution >= 0.6 is 0 Å². The average molecular weight is 337 g/mol. The number of benzene rings is 1. The summed E-state index contributed by atoms with van der Waals surface area (Å²) in [5.41, 5.74) is 6.22. The third kappa shape index (κ3) is 3.02. The molecular weight excluding hydrogens is 318 g/mol. The largest absolute Gasteiger partial charge is 0.463 e. The highest BCUT2D eigenvalue weighted by Crippen LogP contribution is 2.25. The first-order valence-corrected chi connectivity index (χ1v) is 7.50. The molecule has 1 aromatic heterocycles. The van der Waals surface area contributed by atoms with E-state index in [2.05, 4.69) is 0 Å². The second-order valence-corrected chi connectivity index (χ2v) is 5.82. The number of aliphatic hydroxyl groups is 3. The van der Waals surface area contributed by atoms with Gasteiger partial charge in [0.15, 0.2) is 0 Å². The van der Waals surface area contributed by atoms with Gasteiger partial charge in [0.1, 0.15) is 29.6 Å². The highest BCUT2D eigenvalue weighted by molar-refractivity contribution is 5.78. The van der Waals surface area contributed by atoms with E-state index in [1.807, 2.05) is 0 Å². The van der Waals surface area contributed by atoms with E-state index in [9.17, 15) is 20.1 Å². The summed E-state index contributed by atoms with van der Waals surface area (Å²) >= 11 is 0. The van der Waals surface area contributed by atoms with Gasteiger partial charge in [-0.3, -0.25) is 0 Å². The molecule has 0 unspecified atom stereocenters. The minimum Gasteiger partial charge on any atom is -0.463 e. The Balaban J connectivity index is 1.86. The van der Waals surface area contributed by atoms with Crippen LogP contribution in [0.4, 0.5) is 0 Å². The Bertz CT molecular complexity index is 788. The summed E-state index contributed by atoms with van der Waals surface area (Å²) in [6, 6.07) is 5.56. The molecule has 0 spiro atoms. The summed E-state index contributed by atoms with van der Waals surface area (Å²) in [6.07, 6.45) is -4.69. The van der Waals surface area contributed by atoms with Crippen molar-refractivity contribution < 1.29 is 29.2 Å². The molecule has 0 saturated carbocycles. The first-order valence-electron chi connectivity index (χ1n) is 7.50. The average Bonchev–Trinajstić information content (AvgIpc) is 2.56. The number of aryl methyl sites for hydroxylation is 1. The lowest BCUT2D eigenvalue weighted by atomic mass is 9.98. The molecule has 1 aliphatic rings. The van der Waals surface area contributed by atoms with E-state index in [0.29, 0.717) is 16.9 Å². The maximum atomic E-state index is 11.6. The lowest BCUT2D eigenvalue weighted by Crippen LogP contribution is -2.63. The topological polar surface area (TPSA) is 135 Å². The molecule has 1 aliphatic heterocycles. The van der Waals surface area contributed by atoms with Gasteiger partial charge in [0.2, 0.25) is 6.29 Å². The zero-order chi connectivity index (χ0) is 17.4. The molecule has 24 heavy (non-hydrogen) atoms. The van der Waals surface area contributed by atoms with Gasteiger partial charge in [0, 0.05) is 17.0 Å². The number of aliphatic hydroxyl groups excluding tert-OH is 3. The van der Waals surface area contributed by atoms with E-state index in [1.165, 1.54) is 6.07 Å². The van der Waals surface area contributed by atoms with Crippen molar-refractivity contribution in [2.45, 2.75) is 37.6 Å². The molecule has 3 rings (SSSR count). The van der Waals surface area contributed by atoms with Crippen LogP contribution in [0.1, 0.15) is 5.56 Å². The molecule has 0 amide bonds. The van der Waals surface area contributed by atoms with Crippen LogP contribution in [-0.2, 0) is 4.74 Å². The minimum atomic E-state index is -1.30. The van der Waals surface area contributed by atoms with E-state index >= 15 is 0 Å². The molecule has 8 heteroatoms. The van der Waals surface area contributed by atoms with Crippen LogP contribution in [0.2, 0.25) is 0 Å². The van der Waals surface area contributed by atoms with Gasteiger partial charge in [-0.1, -0.05) is 0 Å². The van der Waals surface area contributed by atoms with E-state index in [0.717, 1.165) is 5.39 Å². The number of hydrogen-bond acceptors (Lipinski definition) is 8. The zero-order valence-corrected chi connectivity index (χ0v) is 13.0. The number of hydrogen-bond donors (Lipinski definition) is 4. The Labute approximate surface area is 137 Å². The van der Waals surface area contributed by atoms with Crippen LogP contribution in [0.3, 0.4) is 0 Å². The van der Waals surface area contributed by atoms with Gasteiger partial charge in [-0.05, 0) is 25.1 Å². The Kier molecular flexibility index (Phi) is 4.57. The third-order valence-electron chi connectivity index (χ3n) is 4.06. The monoisotopic (exact) mass is 337 g/mol. The quantitative estimate of drug-likeness (QED) is 0.537. The lowest BCUT2D eigenvalue weighted by Gasteiger charge is -2.40. The van der Waals surface area contributed by atoms with E-state index in [4.69, 9.17) is 19.6 Å². The summed E-state index contributed by atoms with van der Waals surface area (Å²) in [4.78, 5) is 11.6. The fraction of sp³-hybridized carbons (Fsp3) is 0.438. The molecule has 8 nitrogen and oxygen atoms in total. The molecule has 0 radical (unpaired) electrons. The predicted octanol–water partition coefficient (Wildman–Crippen LogP) is -0.753. The van der Waals surface area contributed by atoms with Crippen LogP contribution in [0, 0.1) is 6.92 Å². The maximum absolute atomic E-state index is 11.6. The first kappa shape index (κ1) is 16.9. The Morgan fingerprint density at radius 1 is 1.25 bits per heavy atom. The van der Waals surface area contributed by atoms with Crippen LogP contribution in [0.15, 0.2) is 33.5 Å². The van der Waals surface area contributed by atoms with Crippen molar-refractivity contribution in [3.63, 3.8) is 0 Å². The number of fused-ring (bicyclic) bond motifs is 1. The molecule has 2 heterocycles. The van der Waals surface area contributed by atoms with Gasteiger partial charge < -0.3 is 34.9 Å². The van der Waals surface area contributed by atoms with Crippen LogP contribution in [0.5, 0.6) is 5.75 Å². The van der Waals surface area contributed by atoms with Crippen LogP contribution in [-0.4, -0.2) is 52.6 Å². The van der Waals surface area contributed by atoms with Crippen molar-refractivity contribution in [2.75, 3.05) is 6.61 Å². The molecule has 2 aromatic rings. The normalized spacial score (nSPS) is 30.5. The lowest BCUT2D eigenvalue weighted by molar-refractivity contribution is -0.239. The molecular formula is C16H19NO7. The summed E-state index contributed by atoms with van der Waals surface area (Å²) in [6.45, 7) is 1.17. The molecule has 1 fully saturated rings. The number of ether oxygens (including phenoxy) is 2. The fourth-order valence-electron chi connectivity index (χ4n) is 2.61. The molecule has 1 saturated heterocycles. The molecule has 130 valence electrons. The Morgan fingerprint density at radius 2 is 2.00 bits per heavy atom. The summed E-state index contributed by atoms with van der Waals surface area (Å²) in [5, 5.41) is 29.6. The van der Waals surface area contributed by atoms with Crippen LogP contribution in [0.25, 0.3) is 11.0 Å². The maximum Gasteiger partial charge on any atom is 0.339 e. The van der Waals surface area contributed by atoms with E-state index in [-0.39, 0.29) is 0 Å². The fourth-order valence-corrected chi connectivity index (χ4v) is 2.61. The summed E-state index contributed by atoms with van der Waals surface area (Å²) in [7, 11) is 0. The van der Waals surface area contributed by atoms with Gasteiger partial charge in [0.25, 0.3) is 0 Å². The number of nitrogens with two attached hydrogens (primary N) is 1. The number of rotatable bonds is 3. The van der Waals surface area contributed by atoms with Crippen molar-refractivity contribution in [2.24, 2.45) is 5.73 Å². The summed E-state index contributed by atoms with van der Waals surface area (Å²) < 4.78 is 16.2. The van der Waals surface area contributed by atoms with Gasteiger partial charge in [-0.2, -0.15) is 0 Å². The van der Waals surface area contributed by atoms with Gasteiger partial charge in [0.05, 0.1) is 12.6 Å². The van der Waals surface area contributed by atoms with Crippen molar-refractivity contribution >= 4 is 11.0 Å². The second-order valence-electron chi connectivity index (χ2n) is 5.82. The second kappa shape index (κ2) is 6.50. The zero-order valence-electron chi connectivity index (χ0n) is 13.0. The van der Waals surface area contributed by atoms with E-state index < -0.39 is 42.9 Å². The smallest absolute Gasteiger partial charge is 0.339 e. The third-order valence-corrected chi connectivity index (χ3v) is 4.06. The van der Waals surface area contributed by atoms with Crippen molar-refractivity contribution in [1.29, 1.82) is 0 Å². The van der Waals surface area contributed by atoms with Crippen LogP contribution < -0.4 is 16.1 Å². The SMILES string of the molecule is Cc1cc2ccc(O[C@H]3O[C@H](CO)[C@@H](O)[C@H](O)[C@H]3N)cc2oc1=O. The molecule has 0 bridgehead atoms. The van der Waals surface area contributed by atoms with Crippen molar-refractivity contribution in [3.05, 3.63) is 40.2 Å². The van der Waals surface area contributed by atoms with Gasteiger partial charge in [-0.15, -0.1) is 0 Å². The van der Waals surface area contributed by atoms with Crippen molar-refractivity contribution in [3.8, 4) is 5.75 Å². The predicted molar refractivity (Wildman–Crippen MR) is 83.6 cm³/mol. The van der Waals surface area contributed by atoms with Crippen molar-refractivity contribution in [1.82, 2.24) is 0 Å². The van der Waals surface area contributed by atoms with E-state index in [1.54, 1.807) is 25.1 Å². The molecule has 0 aliphatic carbocycles. The summed E-state index contributed by atoms with van der Waals surface area (Å²) in [5.74, 6) is 0.315. The first-order chi connectivity index (χ1) is 11.4. The highest BCUT2D eigenvalue weighted by atomic mass is 16.7. The molecule has 1 aromatic carbocycles.